The molecule has 2 N–H and O–H groups in total. The number of nitrogens with two attached hydrogens (primary N) is 1. The fourth-order valence-corrected chi connectivity index (χ4v) is 1.00. The van der Waals surface area contributed by atoms with Crippen LogP contribution < -0.4 is 11.1 Å². The van der Waals surface area contributed by atoms with E-state index in [-0.39, 0.29) is 0 Å². The van der Waals surface area contributed by atoms with Gasteiger partial charge in [0.2, 0.25) is 0 Å². The molecule has 1 unspecified atom stereocenters. The van der Waals surface area contributed by atoms with Crippen LogP contribution in [-0.4, -0.2) is 32.5 Å². The summed E-state index contributed by atoms with van der Waals surface area (Å²) in [5, 5.41) is 7.96. The van der Waals surface area contributed by atoms with Crippen LogP contribution in [0.2, 0.25) is 0 Å². The number of nitrogens with zero attached hydrogens (tertiary/aromatic N) is 2. The van der Waals surface area contributed by atoms with E-state index in [4.69, 9.17) is 5.73 Å². The van der Waals surface area contributed by atoms with E-state index >= 15 is 0 Å². The van der Waals surface area contributed by atoms with Crippen molar-refractivity contribution in [2.24, 2.45) is 16.8 Å². The van der Waals surface area contributed by atoms with Gasteiger partial charge in [0.05, 0.1) is 12.3 Å². The zero-order chi connectivity index (χ0) is 7.40. The number of hydrogen-bond donors (Lipinski definition) is 1. The van der Waals surface area contributed by atoms with Gasteiger partial charge in [-0.3, -0.25) is 0 Å². The summed E-state index contributed by atoms with van der Waals surface area (Å²) in [5.74, 6) is 0.319. The van der Waals surface area contributed by atoms with Crippen molar-refractivity contribution in [3.63, 3.8) is 0 Å². The van der Waals surface area contributed by atoms with Gasteiger partial charge in [-0.2, -0.15) is 0 Å². The minimum atomic E-state index is 0.319. The van der Waals surface area contributed by atoms with Gasteiger partial charge < -0.3 is 10.6 Å². The molecule has 1 aliphatic heterocycles. The van der Waals surface area contributed by atoms with Crippen molar-refractivity contribution in [2.45, 2.75) is 0 Å². The summed E-state index contributed by atoms with van der Waals surface area (Å²) in [4.78, 5) is 4.63. The first-order chi connectivity index (χ1) is 4.88. The average molecular weight is 142 g/mol. The smallest absolute Gasteiger partial charge is 0.106 e. The Kier molecular flexibility index (Phi) is 2.65. The molecule has 0 aromatic rings. The minimum Gasteiger partial charge on any atom is -0.399 e. The molecule has 1 fully saturated rings. The van der Waals surface area contributed by atoms with Crippen LogP contribution in [0.15, 0.2) is 5.16 Å². The lowest BCUT2D eigenvalue weighted by Crippen LogP contribution is -2.22. The minimum absolute atomic E-state index is 0.319. The molecule has 0 spiro atoms. The normalized spacial score (nSPS) is 29.4. The van der Waals surface area contributed by atoms with Crippen molar-refractivity contribution >= 4 is 5.71 Å². The van der Waals surface area contributed by atoms with Crippen LogP contribution in [0.25, 0.3) is 0 Å². The van der Waals surface area contributed by atoms with Crippen molar-refractivity contribution < 1.29 is 4.84 Å². The fraction of sp³-hybridized carbons (Fsp3) is 0.833. The first-order valence-electron chi connectivity index (χ1n) is 3.31. The zero-order valence-electron chi connectivity index (χ0n) is 6.08. The molecule has 1 atom stereocenters. The summed E-state index contributed by atoms with van der Waals surface area (Å²) in [6.45, 7) is 2.11. The number of hydrogen-bond acceptors (Lipinski definition) is 3. The van der Waals surface area contributed by atoms with Crippen LogP contribution in [-0.2, 0) is 4.84 Å². The molecule has 0 bridgehead atoms. The number of rotatable bonds is 2. The van der Waals surface area contributed by atoms with Crippen LogP contribution in [0, 0.1) is 5.92 Å². The molecular formula is C6H12N3O. The molecule has 1 heterocycles. The predicted octanol–water partition coefficient (Wildman–Crippen LogP) is -0.818. The van der Waals surface area contributed by atoms with E-state index in [1.54, 1.807) is 7.11 Å². The summed E-state index contributed by atoms with van der Waals surface area (Å²) in [5.41, 5.74) is 6.43. The van der Waals surface area contributed by atoms with Gasteiger partial charge >= 0.3 is 0 Å². The topological polar surface area (TPSA) is 61.7 Å². The van der Waals surface area contributed by atoms with Crippen LogP contribution in [0.5, 0.6) is 0 Å². The molecular weight excluding hydrogens is 130 g/mol. The van der Waals surface area contributed by atoms with Crippen molar-refractivity contribution in [1.29, 1.82) is 0 Å². The summed E-state index contributed by atoms with van der Waals surface area (Å²) in [6.07, 6.45) is 0. The van der Waals surface area contributed by atoms with Crippen LogP contribution in [0.1, 0.15) is 0 Å². The van der Waals surface area contributed by atoms with Gasteiger partial charge in [0, 0.05) is 19.0 Å². The summed E-state index contributed by atoms with van der Waals surface area (Å²) in [7, 11) is 1.54. The van der Waals surface area contributed by atoms with Gasteiger partial charge in [0.15, 0.2) is 0 Å². The van der Waals surface area contributed by atoms with Gasteiger partial charge in [-0.05, 0) is 0 Å². The quantitative estimate of drug-likeness (QED) is 0.512. The monoisotopic (exact) mass is 142 g/mol. The summed E-state index contributed by atoms with van der Waals surface area (Å²) in [6, 6.07) is 0. The molecule has 4 nitrogen and oxygen atoms in total. The molecule has 0 aromatic heterocycles. The molecule has 1 saturated heterocycles. The number of oxime groups is 1. The Bertz CT molecular complexity index is 135. The standard InChI is InChI=1S/C6H12N3O/c1-10-9-6-4-8-3-5(6)2-7/h5H,2-4,7H2,1H3. The Balaban J connectivity index is 2.49. The van der Waals surface area contributed by atoms with Crippen LogP contribution >= 0.6 is 0 Å². The Morgan fingerprint density at radius 3 is 3.30 bits per heavy atom. The zero-order valence-corrected chi connectivity index (χ0v) is 6.08. The summed E-state index contributed by atoms with van der Waals surface area (Å²) < 4.78 is 0. The highest BCUT2D eigenvalue weighted by Gasteiger charge is 2.21. The van der Waals surface area contributed by atoms with Crippen molar-refractivity contribution in [2.75, 3.05) is 26.7 Å². The largest absolute Gasteiger partial charge is 0.399 e. The predicted molar refractivity (Wildman–Crippen MR) is 38.9 cm³/mol. The maximum atomic E-state index is 5.46. The third-order valence-electron chi connectivity index (χ3n) is 1.59. The van der Waals surface area contributed by atoms with Crippen molar-refractivity contribution in [3.05, 3.63) is 0 Å². The molecule has 1 aliphatic rings. The molecule has 0 aromatic carbocycles. The van der Waals surface area contributed by atoms with Gasteiger partial charge in [0.25, 0.3) is 0 Å². The molecule has 0 aliphatic carbocycles. The molecule has 0 amide bonds. The fourth-order valence-electron chi connectivity index (χ4n) is 1.00. The lowest BCUT2D eigenvalue weighted by Gasteiger charge is -2.03. The van der Waals surface area contributed by atoms with Gasteiger partial charge in [-0.15, -0.1) is 0 Å². The second-order valence-corrected chi connectivity index (χ2v) is 2.26. The van der Waals surface area contributed by atoms with Gasteiger partial charge in [-0.1, -0.05) is 5.16 Å². The van der Waals surface area contributed by atoms with E-state index in [1.807, 2.05) is 0 Å². The third kappa shape index (κ3) is 1.46. The second-order valence-electron chi connectivity index (χ2n) is 2.26. The van der Waals surface area contributed by atoms with Gasteiger partial charge in [-0.25, -0.2) is 5.32 Å². The average Bonchev–Trinajstić information content (AvgIpc) is 2.36. The molecule has 0 saturated carbocycles. The molecule has 4 heteroatoms. The maximum absolute atomic E-state index is 5.46. The van der Waals surface area contributed by atoms with E-state index in [9.17, 15) is 0 Å². The van der Waals surface area contributed by atoms with Crippen molar-refractivity contribution in [3.8, 4) is 0 Å². The van der Waals surface area contributed by atoms with E-state index in [1.165, 1.54) is 0 Å². The highest BCUT2D eigenvalue weighted by Crippen LogP contribution is 2.04. The first-order valence-corrected chi connectivity index (χ1v) is 3.31. The Morgan fingerprint density at radius 2 is 2.70 bits per heavy atom. The van der Waals surface area contributed by atoms with E-state index < -0.39 is 0 Å². The Hall–Kier alpha value is -0.610. The molecule has 1 rings (SSSR count). The lowest BCUT2D eigenvalue weighted by atomic mass is 10.1. The highest BCUT2D eigenvalue weighted by atomic mass is 16.6. The van der Waals surface area contributed by atoms with E-state index in [0.717, 1.165) is 12.3 Å². The maximum Gasteiger partial charge on any atom is 0.106 e. The van der Waals surface area contributed by atoms with Gasteiger partial charge in [0.1, 0.15) is 7.11 Å². The highest BCUT2D eigenvalue weighted by molar-refractivity contribution is 5.90. The second kappa shape index (κ2) is 3.53. The van der Waals surface area contributed by atoms with Crippen LogP contribution in [0.3, 0.4) is 0 Å². The van der Waals surface area contributed by atoms with E-state index in [0.29, 0.717) is 19.0 Å². The molecule has 10 heavy (non-hydrogen) atoms. The first kappa shape index (κ1) is 7.50. The Labute approximate surface area is 60.4 Å². The lowest BCUT2D eigenvalue weighted by molar-refractivity contribution is 0.211. The molecule has 1 radical (unpaired) electrons. The molecule has 57 valence electrons. The van der Waals surface area contributed by atoms with Crippen molar-refractivity contribution in [1.82, 2.24) is 5.32 Å². The summed E-state index contributed by atoms with van der Waals surface area (Å²) >= 11 is 0. The SMILES string of the molecule is CON=C1C[N]CC1CN. The van der Waals surface area contributed by atoms with E-state index in [2.05, 4.69) is 15.3 Å². The van der Waals surface area contributed by atoms with Crippen LogP contribution in [0.4, 0.5) is 0 Å². The Morgan fingerprint density at radius 1 is 1.90 bits per heavy atom. The third-order valence-corrected chi connectivity index (χ3v) is 1.59.